The molecule has 0 spiro atoms. The fraction of sp³-hybridized carbons (Fsp3) is 0.211. The third-order valence-corrected chi connectivity index (χ3v) is 4.20. The zero-order valence-corrected chi connectivity index (χ0v) is 16.0. The molecule has 0 saturated carbocycles. The highest BCUT2D eigenvalue weighted by Crippen LogP contribution is 2.26. The highest BCUT2D eigenvalue weighted by atomic mass is 35.5. The number of esters is 1. The summed E-state index contributed by atoms with van der Waals surface area (Å²) < 4.78 is 5.18. The van der Waals surface area contributed by atoms with E-state index in [1.807, 2.05) is 24.3 Å². The lowest BCUT2D eigenvalue weighted by atomic mass is 9.99. The van der Waals surface area contributed by atoms with Crippen LogP contribution in [-0.4, -0.2) is 22.5 Å². The molecule has 1 aromatic heterocycles. The fourth-order valence-electron chi connectivity index (χ4n) is 2.64. The van der Waals surface area contributed by atoms with Gasteiger partial charge in [-0.15, -0.1) is 0 Å². The SMILES string of the molecule is CCOC(=O)c1c(C)[nH]c(/C=C(\C#N)C(N)=S)c1Cc1cccc(Cl)c1. The molecule has 5 nitrogen and oxygen atoms in total. The number of halogens is 1. The Morgan fingerprint density at radius 2 is 2.23 bits per heavy atom. The maximum absolute atomic E-state index is 12.4. The van der Waals surface area contributed by atoms with E-state index in [0.717, 1.165) is 5.56 Å². The number of nitrogens with zero attached hydrogens (tertiary/aromatic N) is 1. The van der Waals surface area contributed by atoms with E-state index < -0.39 is 5.97 Å². The summed E-state index contributed by atoms with van der Waals surface area (Å²) in [4.78, 5) is 15.6. The van der Waals surface area contributed by atoms with E-state index in [1.165, 1.54) is 0 Å². The summed E-state index contributed by atoms with van der Waals surface area (Å²) in [7, 11) is 0. The molecule has 0 saturated heterocycles. The lowest BCUT2D eigenvalue weighted by molar-refractivity contribution is 0.0524. The van der Waals surface area contributed by atoms with Crippen LogP contribution in [0.2, 0.25) is 5.02 Å². The van der Waals surface area contributed by atoms with E-state index >= 15 is 0 Å². The largest absolute Gasteiger partial charge is 0.462 e. The number of aromatic amines is 1. The summed E-state index contributed by atoms with van der Waals surface area (Å²) in [6.07, 6.45) is 1.98. The van der Waals surface area contributed by atoms with Gasteiger partial charge < -0.3 is 15.5 Å². The smallest absolute Gasteiger partial charge is 0.340 e. The summed E-state index contributed by atoms with van der Waals surface area (Å²) in [5.74, 6) is -0.424. The molecule has 26 heavy (non-hydrogen) atoms. The first-order valence-electron chi connectivity index (χ1n) is 7.92. The van der Waals surface area contributed by atoms with Crippen molar-refractivity contribution >= 4 is 40.9 Å². The van der Waals surface area contributed by atoms with Crippen LogP contribution in [0.4, 0.5) is 0 Å². The number of nitrogens with one attached hydrogen (secondary N) is 1. The topological polar surface area (TPSA) is 91.9 Å². The first-order valence-corrected chi connectivity index (χ1v) is 8.70. The van der Waals surface area contributed by atoms with Gasteiger partial charge in [-0.3, -0.25) is 0 Å². The number of H-pyrrole nitrogens is 1. The molecule has 0 atom stereocenters. The number of hydrogen-bond donors (Lipinski definition) is 2. The van der Waals surface area contributed by atoms with Crippen molar-refractivity contribution in [2.24, 2.45) is 5.73 Å². The van der Waals surface area contributed by atoms with Crippen molar-refractivity contribution in [1.29, 1.82) is 5.26 Å². The molecule has 0 aliphatic heterocycles. The predicted octanol–water partition coefficient (Wildman–Crippen LogP) is 3.94. The van der Waals surface area contributed by atoms with Gasteiger partial charge in [-0.2, -0.15) is 5.26 Å². The molecule has 0 aliphatic carbocycles. The molecule has 2 aromatic rings. The van der Waals surface area contributed by atoms with E-state index in [2.05, 4.69) is 4.98 Å². The summed E-state index contributed by atoms with van der Waals surface area (Å²) in [6.45, 7) is 3.79. The Morgan fingerprint density at radius 1 is 1.50 bits per heavy atom. The monoisotopic (exact) mass is 387 g/mol. The molecule has 0 bridgehead atoms. The summed E-state index contributed by atoms with van der Waals surface area (Å²) in [5, 5.41) is 9.84. The van der Waals surface area contributed by atoms with Crippen molar-refractivity contribution in [2.45, 2.75) is 20.3 Å². The van der Waals surface area contributed by atoms with Gasteiger partial charge in [0.1, 0.15) is 11.1 Å². The molecule has 1 aromatic carbocycles. The zero-order valence-electron chi connectivity index (χ0n) is 14.4. The van der Waals surface area contributed by atoms with Crippen molar-refractivity contribution in [3.8, 4) is 6.07 Å². The van der Waals surface area contributed by atoms with Crippen LogP contribution in [0.25, 0.3) is 6.08 Å². The minimum atomic E-state index is -0.424. The van der Waals surface area contributed by atoms with Crippen LogP contribution in [0.3, 0.4) is 0 Å². The molecule has 134 valence electrons. The molecular weight excluding hydrogens is 370 g/mol. The molecular formula is C19H18ClN3O2S. The first-order chi connectivity index (χ1) is 12.4. The molecule has 0 amide bonds. The number of thiocarbonyl (C=S) groups is 1. The third-order valence-electron chi connectivity index (χ3n) is 3.75. The number of nitriles is 1. The molecule has 0 unspecified atom stereocenters. The Kier molecular flexibility index (Phi) is 6.56. The third kappa shape index (κ3) is 4.51. The van der Waals surface area contributed by atoms with Crippen molar-refractivity contribution in [2.75, 3.05) is 6.61 Å². The number of benzene rings is 1. The second kappa shape index (κ2) is 8.65. The van der Waals surface area contributed by atoms with Gasteiger partial charge in [-0.05, 0) is 43.2 Å². The Hall–Kier alpha value is -2.62. The van der Waals surface area contributed by atoms with Crippen molar-refractivity contribution < 1.29 is 9.53 Å². The Balaban J connectivity index is 2.61. The quantitative estimate of drug-likeness (QED) is 0.339. The number of carbonyl (C=O) groups excluding carboxylic acids is 1. The van der Waals surface area contributed by atoms with Gasteiger partial charge in [-0.1, -0.05) is 36.0 Å². The Morgan fingerprint density at radius 3 is 2.81 bits per heavy atom. The summed E-state index contributed by atoms with van der Waals surface area (Å²) in [6, 6.07) is 9.33. The van der Waals surface area contributed by atoms with E-state index in [1.54, 1.807) is 26.0 Å². The number of aryl methyl sites for hydroxylation is 1. The number of nitrogens with two attached hydrogens (primary N) is 1. The number of rotatable bonds is 6. The molecule has 0 fully saturated rings. The summed E-state index contributed by atoms with van der Waals surface area (Å²) >= 11 is 11.0. The van der Waals surface area contributed by atoms with E-state index in [0.29, 0.717) is 34.0 Å². The normalized spacial score (nSPS) is 11.1. The molecule has 0 radical (unpaired) electrons. The van der Waals surface area contributed by atoms with Gasteiger partial charge in [0.15, 0.2) is 0 Å². The van der Waals surface area contributed by atoms with Gasteiger partial charge >= 0.3 is 5.97 Å². The van der Waals surface area contributed by atoms with Crippen LogP contribution in [0.1, 0.15) is 39.8 Å². The maximum Gasteiger partial charge on any atom is 0.340 e. The number of carbonyl (C=O) groups is 1. The number of ether oxygens (including phenoxy) is 1. The minimum Gasteiger partial charge on any atom is -0.462 e. The van der Waals surface area contributed by atoms with Crippen molar-refractivity contribution in [1.82, 2.24) is 4.98 Å². The molecule has 3 N–H and O–H groups in total. The second-order valence-corrected chi connectivity index (χ2v) is 6.45. The minimum absolute atomic E-state index is 0.00820. The maximum atomic E-state index is 12.4. The van der Waals surface area contributed by atoms with E-state index in [4.69, 9.17) is 34.3 Å². The molecule has 2 rings (SSSR count). The van der Waals surface area contributed by atoms with Gasteiger partial charge in [-0.25, -0.2) is 4.79 Å². The lowest BCUT2D eigenvalue weighted by Crippen LogP contribution is -2.10. The van der Waals surface area contributed by atoms with Crippen molar-refractivity contribution in [3.05, 3.63) is 62.9 Å². The van der Waals surface area contributed by atoms with Crippen LogP contribution in [0, 0.1) is 18.3 Å². The molecule has 0 aliphatic rings. The van der Waals surface area contributed by atoms with Gasteiger partial charge in [0.25, 0.3) is 0 Å². The highest BCUT2D eigenvalue weighted by Gasteiger charge is 2.22. The number of hydrogen-bond acceptors (Lipinski definition) is 4. The standard InChI is InChI=1S/C19H18ClN3O2S/c1-3-25-19(24)17-11(2)23-16(9-13(10-21)18(22)26)15(17)8-12-5-4-6-14(20)7-12/h4-7,9,23H,3,8H2,1-2H3,(H2,22,26)/b13-9+. The van der Waals surface area contributed by atoms with Crippen molar-refractivity contribution in [3.63, 3.8) is 0 Å². The average molecular weight is 388 g/mol. The summed E-state index contributed by atoms with van der Waals surface area (Å²) in [5.41, 5.74) is 9.05. The van der Waals surface area contributed by atoms with Gasteiger partial charge in [0.05, 0.1) is 17.7 Å². The highest BCUT2D eigenvalue weighted by molar-refractivity contribution is 7.80. The lowest BCUT2D eigenvalue weighted by Gasteiger charge is -2.07. The fourth-order valence-corrected chi connectivity index (χ4v) is 2.96. The van der Waals surface area contributed by atoms with Gasteiger partial charge in [0, 0.05) is 22.8 Å². The van der Waals surface area contributed by atoms with E-state index in [-0.39, 0.29) is 17.2 Å². The Labute approximate surface area is 162 Å². The second-order valence-electron chi connectivity index (χ2n) is 5.58. The van der Waals surface area contributed by atoms with E-state index in [9.17, 15) is 10.1 Å². The average Bonchev–Trinajstić information content (AvgIpc) is 2.87. The Bertz CT molecular complexity index is 925. The van der Waals surface area contributed by atoms with Gasteiger partial charge in [0.2, 0.25) is 0 Å². The molecule has 1 heterocycles. The zero-order chi connectivity index (χ0) is 19.3. The van der Waals surface area contributed by atoms with Crippen LogP contribution >= 0.6 is 23.8 Å². The first kappa shape index (κ1) is 19.7. The van der Waals surface area contributed by atoms with Crippen LogP contribution < -0.4 is 5.73 Å². The predicted molar refractivity (Wildman–Crippen MR) is 106 cm³/mol. The number of aromatic nitrogens is 1. The van der Waals surface area contributed by atoms with Crippen LogP contribution in [0.15, 0.2) is 29.8 Å². The molecule has 7 heteroatoms. The van der Waals surface area contributed by atoms with Crippen LogP contribution in [-0.2, 0) is 11.2 Å². The van der Waals surface area contributed by atoms with Crippen LogP contribution in [0.5, 0.6) is 0 Å².